The van der Waals surface area contributed by atoms with Gasteiger partial charge < -0.3 is 14.7 Å². The fraction of sp³-hybridized carbons (Fsp3) is 0.333. The van der Waals surface area contributed by atoms with E-state index in [0.29, 0.717) is 26.1 Å². The topological polar surface area (TPSA) is 66.8 Å². The van der Waals surface area contributed by atoms with Crippen LogP contribution in [0.25, 0.3) is 11.1 Å². The number of ether oxygens (including phenoxy) is 1. The number of hydrogen-bond acceptors (Lipinski definition) is 3. The van der Waals surface area contributed by atoms with Crippen molar-refractivity contribution in [3.05, 3.63) is 59.7 Å². The van der Waals surface area contributed by atoms with Gasteiger partial charge in [-0.15, -0.1) is 0 Å². The summed E-state index contributed by atoms with van der Waals surface area (Å²) in [6, 6.07) is 16.5. The molecule has 5 rings (SSSR count). The molecule has 5 nitrogen and oxygen atoms in total. The van der Waals surface area contributed by atoms with Crippen LogP contribution in [-0.4, -0.2) is 41.8 Å². The number of amides is 1. The Kier molecular flexibility index (Phi) is 3.17. The molecular weight excluding hydrogens is 330 g/mol. The Labute approximate surface area is 151 Å². The number of hydrogen-bond donors (Lipinski definition) is 1. The van der Waals surface area contributed by atoms with Crippen molar-refractivity contribution < 1.29 is 19.4 Å². The predicted octanol–water partition coefficient (Wildman–Crippen LogP) is 3.34. The first-order valence-corrected chi connectivity index (χ1v) is 8.92. The second kappa shape index (κ2) is 5.34. The molecule has 26 heavy (non-hydrogen) atoms. The summed E-state index contributed by atoms with van der Waals surface area (Å²) >= 11 is 0. The van der Waals surface area contributed by atoms with E-state index in [1.807, 2.05) is 24.3 Å². The van der Waals surface area contributed by atoms with Gasteiger partial charge in [0.25, 0.3) is 0 Å². The first kappa shape index (κ1) is 15.4. The van der Waals surface area contributed by atoms with E-state index < -0.39 is 5.97 Å². The zero-order valence-electron chi connectivity index (χ0n) is 14.2. The molecule has 0 unspecified atom stereocenters. The maximum absolute atomic E-state index is 12.4. The van der Waals surface area contributed by atoms with E-state index in [2.05, 4.69) is 24.3 Å². The summed E-state index contributed by atoms with van der Waals surface area (Å²) < 4.78 is 5.60. The van der Waals surface area contributed by atoms with Gasteiger partial charge in [0.15, 0.2) is 0 Å². The first-order valence-electron chi connectivity index (χ1n) is 8.92. The van der Waals surface area contributed by atoms with Crippen molar-refractivity contribution >= 4 is 12.1 Å². The molecule has 0 bridgehead atoms. The molecule has 1 spiro atoms. The quantitative estimate of drug-likeness (QED) is 0.923. The summed E-state index contributed by atoms with van der Waals surface area (Å²) in [5, 5.41) is 9.08. The highest BCUT2D eigenvalue weighted by molar-refractivity contribution is 5.79. The number of carboxylic acids is 1. The highest BCUT2D eigenvalue weighted by Crippen LogP contribution is 2.58. The van der Waals surface area contributed by atoms with Gasteiger partial charge in [-0.3, -0.25) is 4.79 Å². The van der Waals surface area contributed by atoms with E-state index in [1.54, 1.807) is 4.90 Å². The number of likely N-dealkylation sites (tertiary alicyclic amines) is 1. The molecule has 0 radical (unpaired) electrons. The van der Waals surface area contributed by atoms with Crippen LogP contribution in [0, 0.1) is 11.3 Å². The normalized spacial score (nSPS) is 21.7. The Morgan fingerprint density at radius 2 is 1.62 bits per heavy atom. The van der Waals surface area contributed by atoms with Crippen LogP contribution in [-0.2, 0) is 9.53 Å². The average Bonchev–Trinajstić information content (AvgIpc) is 3.30. The summed E-state index contributed by atoms with van der Waals surface area (Å²) in [7, 11) is 0. The second-order valence-corrected chi connectivity index (χ2v) is 7.62. The zero-order valence-corrected chi connectivity index (χ0v) is 14.2. The summed E-state index contributed by atoms with van der Waals surface area (Å²) in [5.74, 6) is -0.994. The van der Waals surface area contributed by atoms with Crippen LogP contribution in [0.3, 0.4) is 0 Å². The smallest absolute Gasteiger partial charge is 0.409 e. The number of carbonyl (C=O) groups is 2. The van der Waals surface area contributed by atoms with Gasteiger partial charge in [-0.25, -0.2) is 4.79 Å². The highest BCUT2D eigenvalue weighted by Gasteiger charge is 2.66. The van der Waals surface area contributed by atoms with Crippen LogP contribution in [0.4, 0.5) is 4.79 Å². The minimum Gasteiger partial charge on any atom is -0.481 e. The highest BCUT2D eigenvalue weighted by atomic mass is 16.6. The Balaban J connectivity index is 1.27. The molecule has 1 atom stereocenters. The molecule has 2 aromatic rings. The van der Waals surface area contributed by atoms with Gasteiger partial charge >= 0.3 is 12.1 Å². The van der Waals surface area contributed by atoms with Crippen molar-refractivity contribution in [3.63, 3.8) is 0 Å². The average molecular weight is 349 g/mol. The van der Waals surface area contributed by atoms with Crippen LogP contribution in [0.15, 0.2) is 48.5 Å². The molecule has 1 saturated carbocycles. The minimum absolute atomic E-state index is 0.0503. The molecule has 5 heteroatoms. The predicted molar refractivity (Wildman–Crippen MR) is 94.8 cm³/mol. The Hall–Kier alpha value is -2.82. The van der Waals surface area contributed by atoms with Crippen molar-refractivity contribution in [2.75, 3.05) is 19.7 Å². The molecule has 2 aromatic carbocycles. The van der Waals surface area contributed by atoms with E-state index >= 15 is 0 Å². The molecule has 1 heterocycles. The monoisotopic (exact) mass is 349 g/mol. The van der Waals surface area contributed by atoms with Crippen LogP contribution in [0.2, 0.25) is 0 Å². The molecule has 1 amide bonds. The molecule has 1 saturated heterocycles. The van der Waals surface area contributed by atoms with E-state index in [-0.39, 0.29) is 23.3 Å². The van der Waals surface area contributed by atoms with E-state index in [4.69, 9.17) is 9.84 Å². The maximum atomic E-state index is 12.4. The van der Waals surface area contributed by atoms with Gasteiger partial charge in [0.2, 0.25) is 0 Å². The third kappa shape index (κ3) is 2.16. The third-order valence-corrected chi connectivity index (χ3v) is 6.09. The molecule has 1 aliphatic heterocycles. The lowest BCUT2D eigenvalue weighted by Gasteiger charge is -2.39. The molecule has 2 fully saturated rings. The van der Waals surface area contributed by atoms with E-state index in [0.717, 1.165) is 0 Å². The lowest BCUT2D eigenvalue weighted by molar-refractivity contribution is -0.140. The minimum atomic E-state index is -0.753. The summed E-state index contributed by atoms with van der Waals surface area (Å²) in [6.07, 6.45) is 0.337. The summed E-state index contributed by atoms with van der Waals surface area (Å²) in [5.41, 5.74) is 4.60. The fourth-order valence-electron chi connectivity index (χ4n) is 4.57. The lowest BCUT2D eigenvalue weighted by Crippen LogP contribution is -2.53. The number of carbonyl (C=O) groups excluding carboxylic acids is 1. The van der Waals surface area contributed by atoms with Gasteiger partial charge in [0.05, 0.1) is 5.92 Å². The van der Waals surface area contributed by atoms with Crippen LogP contribution < -0.4 is 0 Å². The maximum Gasteiger partial charge on any atom is 0.409 e. The van der Waals surface area contributed by atoms with Crippen LogP contribution >= 0.6 is 0 Å². The van der Waals surface area contributed by atoms with Gasteiger partial charge in [-0.2, -0.15) is 0 Å². The summed E-state index contributed by atoms with van der Waals surface area (Å²) in [6.45, 7) is 1.31. The number of benzene rings is 2. The second-order valence-electron chi connectivity index (χ2n) is 7.62. The van der Waals surface area contributed by atoms with Crippen LogP contribution in [0.5, 0.6) is 0 Å². The molecule has 2 aliphatic carbocycles. The van der Waals surface area contributed by atoms with Gasteiger partial charge in [0, 0.05) is 24.4 Å². The third-order valence-electron chi connectivity index (χ3n) is 6.09. The number of rotatable bonds is 3. The number of fused-ring (bicyclic) bond motifs is 3. The zero-order chi connectivity index (χ0) is 17.9. The summed E-state index contributed by atoms with van der Waals surface area (Å²) in [4.78, 5) is 25.0. The van der Waals surface area contributed by atoms with Crippen molar-refractivity contribution in [1.29, 1.82) is 0 Å². The SMILES string of the molecule is O=C(O)[C@H]1CC12CN(C(=O)OCC1c3ccccc3-c3ccccc31)C2. The Morgan fingerprint density at radius 3 is 2.15 bits per heavy atom. The Morgan fingerprint density at radius 1 is 1.04 bits per heavy atom. The van der Waals surface area contributed by atoms with Crippen molar-refractivity contribution in [2.45, 2.75) is 12.3 Å². The van der Waals surface area contributed by atoms with Crippen molar-refractivity contribution in [3.8, 4) is 11.1 Å². The first-order chi connectivity index (χ1) is 12.6. The number of carboxylic acid groups (broad SMARTS) is 1. The largest absolute Gasteiger partial charge is 0.481 e. The standard InChI is InChI=1S/C21H19NO4/c23-19(24)18-9-21(18)11-22(12-21)20(25)26-10-17-15-7-3-1-5-13(15)14-6-2-4-8-16(14)17/h1-8,17-18H,9-12H2,(H,23,24)/t18-/m1/s1. The molecule has 132 valence electrons. The fourth-order valence-corrected chi connectivity index (χ4v) is 4.57. The lowest BCUT2D eigenvalue weighted by atomic mass is 9.94. The van der Waals surface area contributed by atoms with E-state index in [1.165, 1.54) is 22.3 Å². The van der Waals surface area contributed by atoms with Gasteiger partial charge in [0.1, 0.15) is 6.61 Å². The molecule has 1 N–H and O–H groups in total. The number of nitrogens with zero attached hydrogens (tertiary/aromatic N) is 1. The molecular formula is C21H19NO4. The van der Waals surface area contributed by atoms with Crippen molar-refractivity contribution in [2.24, 2.45) is 11.3 Å². The van der Waals surface area contributed by atoms with Crippen molar-refractivity contribution in [1.82, 2.24) is 4.90 Å². The van der Waals surface area contributed by atoms with Gasteiger partial charge in [-0.1, -0.05) is 48.5 Å². The van der Waals surface area contributed by atoms with Crippen LogP contribution in [0.1, 0.15) is 23.5 Å². The molecule has 0 aromatic heterocycles. The Bertz CT molecular complexity index is 870. The van der Waals surface area contributed by atoms with E-state index in [9.17, 15) is 9.59 Å². The molecule has 3 aliphatic rings. The van der Waals surface area contributed by atoms with Gasteiger partial charge in [-0.05, 0) is 28.7 Å². The number of aliphatic carboxylic acids is 1.